The monoisotopic (exact) mass is 278 g/mol. The second-order valence-corrected chi connectivity index (χ2v) is 5.69. The van der Waals surface area contributed by atoms with Crippen molar-refractivity contribution >= 4 is 11.6 Å². The molecule has 2 rings (SSSR count). The standard InChI is InChI=1S/C15H26N4O/c1-5-16-13-8-14(19-15(18-13)10(2)3)17-9-12-6-7-20-11(12)4/h8,10-12H,5-7,9H2,1-4H3,(H2,16,17,18,19). The van der Waals surface area contributed by atoms with Crippen molar-refractivity contribution in [2.24, 2.45) is 5.92 Å². The molecule has 1 fully saturated rings. The minimum Gasteiger partial charge on any atom is -0.378 e. The van der Waals surface area contributed by atoms with E-state index in [0.29, 0.717) is 17.9 Å². The molecule has 2 atom stereocenters. The second-order valence-electron chi connectivity index (χ2n) is 5.69. The van der Waals surface area contributed by atoms with Crippen molar-refractivity contribution in [2.45, 2.75) is 46.1 Å². The van der Waals surface area contributed by atoms with E-state index in [1.54, 1.807) is 0 Å². The van der Waals surface area contributed by atoms with Crippen LogP contribution in [0.1, 0.15) is 45.9 Å². The Balaban J connectivity index is 2.05. The van der Waals surface area contributed by atoms with Crippen LogP contribution in [0.5, 0.6) is 0 Å². The summed E-state index contributed by atoms with van der Waals surface area (Å²) in [6.07, 6.45) is 1.46. The Hall–Kier alpha value is -1.36. The quantitative estimate of drug-likeness (QED) is 0.838. The molecule has 112 valence electrons. The lowest BCUT2D eigenvalue weighted by molar-refractivity contribution is 0.108. The van der Waals surface area contributed by atoms with Gasteiger partial charge in [-0.25, -0.2) is 9.97 Å². The molecule has 5 heteroatoms. The van der Waals surface area contributed by atoms with Crippen molar-refractivity contribution < 1.29 is 4.74 Å². The van der Waals surface area contributed by atoms with Gasteiger partial charge in [-0.15, -0.1) is 0 Å². The van der Waals surface area contributed by atoms with Gasteiger partial charge in [0.1, 0.15) is 17.5 Å². The summed E-state index contributed by atoms with van der Waals surface area (Å²) in [5, 5.41) is 6.70. The lowest BCUT2D eigenvalue weighted by Gasteiger charge is -2.16. The zero-order chi connectivity index (χ0) is 14.5. The van der Waals surface area contributed by atoms with Gasteiger partial charge < -0.3 is 15.4 Å². The molecule has 0 bridgehead atoms. The van der Waals surface area contributed by atoms with E-state index in [9.17, 15) is 0 Å². The summed E-state index contributed by atoms with van der Waals surface area (Å²) in [6, 6.07) is 1.98. The first kappa shape index (κ1) is 15.0. The maximum absolute atomic E-state index is 5.59. The molecule has 0 amide bonds. The highest BCUT2D eigenvalue weighted by atomic mass is 16.5. The van der Waals surface area contributed by atoms with Gasteiger partial charge in [0.15, 0.2) is 0 Å². The number of rotatable bonds is 6. The lowest BCUT2D eigenvalue weighted by atomic mass is 10.0. The number of hydrogen-bond acceptors (Lipinski definition) is 5. The van der Waals surface area contributed by atoms with Crippen LogP contribution in [0, 0.1) is 5.92 Å². The Morgan fingerprint density at radius 1 is 1.30 bits per heavy atom. The smallest absolute Gasteiger partial charge is 0.135 e. The number of hydrogen-bond donors (Lipinski definition) is 2. The van der Waals surface area contributed by atoms with E-state index in [0.717, 1.165) is 43.6 Å². The first-order valence-corrected chi connectivity index (χ1v) is 7.58. The zero-order valence-electron chi connectivity index (χ0n) is 12.9. The minimum absolute atomic E-state index is 0.322. The topological polar surface area (TPSA) is 59.1 Å². The van der Waals surface area contributed by atoms with E-state index in [2.05, 4.69) is 48.3 Å². The van der Waals surface area contributed by atoms with Crippen LogP contribution in [-0.4, -0.2) is 35.8 Å². The molecule has 1 aromatic heterocycles. The van der Waals surface area contributed by atoms with E-state index in [4.69, 9.17) is 4.74 Å². The molecule has 2 heterocycles. The normalized spacial score (nSPS) is 22.2. The Bertz CT molecular complexity index is 436. The van der Waals surface area contributed by atoms with Crippen molar-refractivity contribution in [3.8, 4) is 0 Å². The van der Waals surface area contributed by atoms with Gasteiger partial charge >= 0.3 is 0 Å². The van der Waals surface area contributed by atoms with Gasteiger partial charge in [-0.3, -0.25) is 0 Å². The molecule has 2 unspecified atom stereocenters. The Kier molecular flexibility index (Phi) is 5.17. The fourth-order valence-corrected chi connectivity index (χ4v) is 2.37. The third kappa shape index (κ3) is 3.82. The second kappa shape index (κ2) is 6.88. The summed E-state index contributed by atoms with van der Waals surface area (Å²) >= 11 is 0. The van der Waals surface area contributed by atoms with Gasteiger partial charge in [-0.1, -0.05) is 13.8 Å². The molecule has 1 aromatic rings. The van der Waals surface area contributed by atoms with Crippen LogP contribution in [0.2, 0.25) is 0 Å². The minimum atomic E-state index is 0.322. The predicted molar refractivity (Wildman–Crippen MR) is 82.3 cm³/mol. The first-order chi connectivity index (χ1) is 9.60. The van der Waals surface area contributed by atoms with E-state index >= 15 is 0 Å². The molecule has 0 aliphatic carbocycles. The van der Waals surface area contributed by atoms with Crippen molar-refractivity contribution in [1.82, 2.24) is 9.97 Å². The summed E-state index contributed by atoms with van der Waals surface area (Å²) in [6.45, 7) is 11.1. The Morgan fingerprint density at radius 3 is 2.55 bits per heavy atom. The van der Waals surface area contributed by atoms with E-state index in [-0.39, 0.29) is 0 Å². The molecule has 1 saturated heterocycles. The van der Waals surface area contributed by atoms with E-state index in [1.165, 1.54) is 0 Å². The van der Waals surface area contributed by atoms with Gasteiger partial charge in [0.25, 0.3) is 0 Å². The van der Waals surface area contributed by atoms with Crippen molar-refractivity contribution in [2.75, 3.05) is 30.3 Å². The van der Waals surface area contributed by atoms with Crippen LogP contribution in [0.3, 0.4) is 0 Å². The maximum atomic E-state index is 5.59. The van der Waals surface area contributed by atoms with Crippen LogP contribution >= 0.6 is 0 Å². The van der Waals surface area contributed by atoms with Crippen LogP contribution in [-0.2, 0) is 4.74 Å². The molecular weight excluding hydrogens is 252 g/mol. The molecule has 5 nitrogen and oxygen atoms in total. The Labute approximate surface area is 121 Å². The zero-order valence-corrected chi connectivity index (χ0v) is 12.9. The SMILES string of the molecule is CCNc1cc(NCC2CCOC2C)nc(C(C)C)n1. The van der Waals surface area contributed by atoms with Gasteiger partial charge in [0.05, 0.1) is 6.10 Å². The van der Waals surface area contributed by atoms with E-state index < -0.39 is 0 Å². The summed E-state index contributed by atoms with van der Waals surface area (Å²) in [7, 11) is 0. The Morgan fingerprint density at radius 2 is 2.00 bits per heavy atom. The van der Waals surface area contributed by atoms with Gasteiger partial charge in [-0.05, 0) is 20.3 Å². The maximum Gasteiger partial charge on any atom is 0.135 e. The van der Waals surface area contributed by atoms with E-state index in [1.807, 2.05) is 6.07 Å². The average Bonchev–Trinajstić information content (AvgIpc) is 2.82. The molecular formula is C15H26N4O. The highest BCUT2D eigenvalue weighted by Gasteiger charge is 2.24. The number of nitrogens with one attached hydrogen (secondary N) is 2. The number of ether oxygens (including phenoxy) is 1. The van der Waals surface area contributed by atoms with Crippen LogP contribution in [0.25, 0.3) is 0 Å². The molecule has 20 heavy (non-hydrogen) atoms. The van der Waals surface area contributed by atoms with Gasteiger partial charge in [0, 0.05) is 37.6 Å². The molecule has 1 aliphatic rings. The third-order valence-corrected chi connectivity index (χ3v) is 3.70. The summed E-state index contributed by atoms with van der Waals surface area (Å²) < 4.78 is 5.59. The molecule has 0 aromatic carbocycles. The van der Waals surface area contributed by atoms with Crippen molar-refractivity contribution in [3.63, 3.8) is 0 Å². The van der Waals surface area contributed by atoms with Crippen LogP contribution in [0.15, 0.2) is 6.07 Å². The van der Waals surface area contributed by atoms with Crippen molar-refractivity contribution in [3.05, 3.63) is 11.9 Å². The average molecular weight is 278 g/mol. The predicted octanol–water partition coefficient (Wildman–Crippen LogP) is 2.87. The lowest BCUT2D eigenvalue weighted by Crippen LogP contribution is -2.21. The third-order valence-electron chi connectivity index (χ3n) is 3.70. The number of nitrogens with zero attached hydrogens (tertiary/aromatic N) is 2. The molecule has 2 N–H and O–H groups in total. The number of anilines is 2. The number of aromatic nitrogens is 2. The van der Waals surface area contributed by atoms with Crippen molar-refractivity contribution in [1.29, 1.82) is 0 Å². The molecule has 0 saturated carbocycles. The molecule has 1 aliphatic heterocycles. The molecule has 0 radical (unpaired) electrons. The van der Waals surface area contributed by atoms with Crippen LogP contribution in [0.4, 0.5) is 11.6 Å². The first-order valence-electron chi connectivity index (χ1n) is 7.58. The fraction of sp³-hybridized carbons (Fsp3) is 0.733. The summed E-state index contributed by atoms with van der Waals surface area (Å²) in [4.78, 5) is 9.13. The highest BCUT2D eigenvalue weighted by molar-refractivity contribution is 5.47. The molecule has 0 spiro atoms. The van der Waals surface area contributed by atoms with Gasteiger partial charge in [0.2, 0.25) is 0 Å². The van der Waals surface area contributed by atoms with Gasteiger partial charge in [-0.2, -0.15) is 0 Å². The summed E-state index contributed by atoms with van der Waals surface area (Å²) in [5.41, 5.74) is 0. The highest BCUT2D eigenvalue weighted by Crippen LogP contribution is 2.22. The van der Waals surface area contributed by atoms with Crippen LogP contribution < -0.4 is 10.6 Å². The largest absolute Gasteiger partial charge is 0.378 e. The summed E-state index contributed by atoms with van der Waals surface area (Å²) in [5.74, 6) is 3.56. The fourth-order valence-electron chi connectivity index (χ4n) is 2.37.